The number of carbonyl (C=O) groups is 1. The van der Waals surface area contributed by atoms with E-state index in [4.69, 9.17) is 4.42 Å². The zero-order valence-electron chi connectivity index (χ0n) is 12.2. The largest absolute Gasteiger partial charge is 0.472 e. The number of hydrogen-bond donors (Lipinski definition) is 0. The number of ketones is 1. The molecule has 0 aliphatic carbocycles. The van der Waals surface area contributed by atoms with Gasteiger partial charge in [-0.2, -0.15) is 5.10 Å². The number of furan rings is 1. The van der Waals surface area contributed by atoms with Crippen molar-refractivity contribution in [1.29, 1.82) is 0 Å². The van der Waals surface area contributed by atoms with Crippen LogP contribution in [-0.2, 0) is 17.6 Å². The van der Waals surface area contributed by atoms with E-state index in [1.54, 1.807) is 28.4 Å². The first-order chi connectivity index (χ1) is 11.3. The second-order valence-electron chi connectivity index (χ2n) is 5.19. The standard InChI is InChI=1S/C17H13N3O2S/c21-13(9-14-3-2-8-23-14)10-16-18-17-5-1-4-15(20(17)19-16)12-6-7-22-11-12/h1-8,11H,9-10H2. The van der Waals surface area contributed by atoms with Gasteiger partial charge >= 0.3 is 0 Å². The summed E-state index contributed by atoms with van der Waals surface area (Å²) in [5, 5.41) is 6.46. The molecule has 6 heteroatoms. The molecule has 0 fully saturated rings. The zero-order valence-corrected chi connectivity index (χ0v) is 13.0. The predicted molar refractivity (Wildman–Crippen MR) is 87.4 cm³/mol. The summed E-state index contributed by atoms with van der Waals surface area (Å²) in [6, 6.07) is 11.5. The van der Waals surface area contributed by atoms with Gasteiger partial charge < -0.3 is 4.42 Å². The van der Waals surface area contributed by atoms with Crippen LogP contribution in [0.3, 0.4) is 0 Å². The summed E-state index contributed by atoms with van der Waals surface area (Å²) in [6.07, 6.45) is 3.96. The first kappa shape index (κ1) is 13.9. The minimum atomic E-state index is 0.119. The van der Waals surface area contributed by atoms with Crippen LogP contribution in [-0.4, -0.2) is 20.4 Å². The quantitative estimate of drug-likeness (QED) is 0.565. The highest BCUT2D eigenvalue weighted by Gasteiger charge is 2.13. The summed E-state index contributed by atoms with van der Waals surface area (Å²) in [5.41, 5.74) is 2.54. The number of fused-ring (bicyclic) bond motifs is 1. The maximum atomic E-state index is 12.2. The lowest BCUT2D eigenvalue weighted by atomic mass is 10.2. The van der Waals surface area contributed by atoms with Gasteiger partial charge in [-0.25, -0.2) is 9.50 Å². The zero-order chi connectivity index (χ0) is 15.6. The van der Waals surface area contributed by atoms with Crippen molar-refractivity contribution in [3.63, 3.8) is 0 Å². The van der Waals surface area contributed by atoms with E-state index >= 15 is 0 Å². The molecule has 114 valence electrons. The summed E-state index contributed by atoms with van der Waals surface area (Å²) in [5.74, 6) is 0.663. The number of rotatable bonds is 5. The fourth-order valence-electron chi connectivity index (χ4n) is 2.50. The number of thiophene rings is 1. The molecule has 0 spiro atoms. The van der Waals surface area contributed by atoms with Gasteiger partial charge in [-0.15, -0.1) is 11.3 Å². The van der Waals surface area contributed by atoms with Gasteiger partial charge in [0.2, 0.25) is 0 Å². The number of nitrogens with zero attached hydrogens (tertiary/aromatic N) is 3. The molecule has 0 saturated carbocycles. The Bertz CT molecular complexity index is 940. The Morgan fingerprint density at radius 3 is 2.91 bits per heavy atom. The first-order valence-corrected chi connectivity index (χ1v) is 8.09. The number of Topliss-reactive ketones (excluding diaryl/α,β-unsaturated/α-hetero) is 1. The molecule has 4 aromatic rings. The van der Waals surface area contributed by atoms with Crippen molar-refractivity contribution in [3.8, 4) is 11.3 Å². The van der Waals surface area contributed by atoms with Crippen molar-refractivity contribution in [1.82, 2.24) is 14.6 Å². The van der Waals surface area contributed by atoms with E-state index in [-0.39, 0.29) is 12.2 Å². The number of pyridine rings is 1. The third kappa shape index (κ3) is 2.80. The lowest BCUT2D eigenvalue weighted by molar-refractivity contribution is -0.117. The minimum absolute atomic E-state index is 0.119. The van der Waals surface area contributed by atoms with Crippen LogP contribution < -0.4 is 0 Å². The fourth-order valence-corrected chi connectivity index (χ4v) is 3.23. The average molecular weight is 323 g/mol. The number of carbonyl (C=O) groups excluding carboxylic acids is 1. The average Bonchev–Trinajstić information content (AvgIpc) is 3.27. The molecule has 0 amide bonds. The summed E-state index contributed by atoms with van der Waals surface area (Å²) >= 11 is 1.59. The molecular formula is C17H13N3O2S. The molecule has 0 radical (unpaired) electrons. The molecule has 4 heterocycles. The lowest BCUT2D eigenvalue weighted by Gasteiger charge is -1.99. The smallest absolute Gasteiger partial charge is 0.159 e. The van der Waals surface area contributed by atoms with Crippen molar-refractivity contribution in [2.75, 3.05) is 0 Å². The molecule has 0 N–H and O–H groups in total. The second kappa shape index (κ2) is 5.81. The van der Waals surface area contributed by atoms with E-state index in [0.717, 1.165) is 21.8 Å². The van der Waals surface area contributed by atoms with Gasteiger partial charge in [-0.1, -0.05) is 12.1 Å². The van der Waals surface area contributed by atoms with E-state index in [1.807, 2.05) is 41.8 Å². The summed E-state index contributed by atoms with van der Waals surface area (Å²) < 4.78 is 6.88. The van der Waals surface area contributed by atoms with Gasteiger partial charge in [0.15, 0.2) is 11.5 Å². The molecular weight excluding hydrogens is 310 g/mol. The molecule has 0 atom stereocenters. The van der Waals surface area contributed by atoms with Crippen LogP contribution in [0, 0.1) is 0 Å². The SMILES string of the molecule is O=C(Cc1nc2cccc(-c3ccoc3)n2n1)Cc1cccs1. The molecule has 23 heavy (non-hydrogen) atoms. The van der Waals surface area contributed by atoms with Gasteiger partial charge in [0, 0.05) is 16.9 Å². The van der Waals surface area contributed by atoms with Crippen molar-refractivity contribution in [3.05, 3.63) is 65.0 Å². The Morgan fingerprint density at radius 2 is 2.13 bits per heavy atom. The molecule has 0 bridgehead atoms. The third-order valence-electron chi connectivity index (χ3n) is 3.53. The van der Waals surface area contributed by atoms with E-state index < -0.39 is 0 Å². The molecule has 5 nitrogen and oxygen atoms in total. The first-order valence-electron chi connectivity index (χ1n) is 7.21. The minimum Gasteiger partial charge on any atom is -0.472 e. The van der Waals surface area contributed by atoms with Crippen molar-refractivity contribution in [2.45, 2.75) is 12.8 Å². The van der Waals surface area contributed by atoms with Crippen LogP contribution in [0.4, 0.5) is 0 Å². The molecule has 4 aromatic heterocycles. The van der Waals surface area contributed by atoms with Crippen LogP contribution >= 0.6 is 11.3 Å². The van der Waals surface area contributed by atoms with Crippen molar-refractivity contribution < 1.29 is 9.21 Å². The van der Waals surface area contributed by atoms with Crippen LogP contribution in [0.2, 0.25) is 0 Å². The monoisotopic (exact) mass is 323 g/mol. The van der Waals surface area contributed by atoms with E-state index in [2.05, 4.69) is 10.1 Å². The lowest BCUT2D eigenvalue weighted by Crippen LogP contribution is -2.07. The number of aromatic nitrogens is 3. The van der Waals surface area contributed by atoms with Crippen LogP contribution in [0.5, 0.6) is 0 Å². The fraction of sp³-hybridized carbons (Fsp3) is 0.118. The predicted octanol–water partition coefficient (Wildman–Crippen LogP) is 3.41. The summed E-state index contributed by atoms with van der Waals surface area (Å²) in [6.45, 7) is 0. The second-order valence-corrected chi connectivity index (χ2v) is 6.22. The summed E-state index contributed by atoms with van der Waals surface area (Å²) in [4.78, 5) is 17.7. The van der Waals surface area contributed by atoms with Gasteiger partial charge in [0.05, 0.1) is 24.6 Å². The molecule has 0 saturated heterocycles. The molecule has 0 aliphatic heterocycles. The highest BCUT2D eigenvalue weighted by molar-refractivity contribution is 7.10. The van der Waals surface area contributed by atoms with Crippen LogP contribution in [0.15, 0.2) is 58.7 Å². The van der Waals surface area contributed by atoms with E-state index in [9.17, 15) is 4.79 Å². The topological polar surface area (TPSA) is 60.4 Å². The highest BCUT2D eigenvalue weighted by atomic mass is 32.1. The van der Waals surface area contributed by atoms with Crippen LogP contribution in [0.25, 0.3) is 16.9 Å². The van der Waals surface area contributed by atoms with Crippen molar-refractivity contribution in [2.24, 2.45) is 0 Å². The molecule has 0 unspecified atom stereocenters. The van der Waals surface area contributed by atoms with Crippen LogP contribution in [0.1, 0.15) is 10.7 Å². The molecule has 4 rings (SSSR count). The summed E-state index contributed by atoms with van der Waals surface area (Å²) in [7, 11) is 0. The maximum absolute atomic E-state index is 12.2. The Hall–Kier alpha value is -2.73. The normalized spacial score (nSPS) is 11.1. The van der Waals surface area contributed by atoms with Gasteiger partial charge in [-0.3, -0.25) is 4.79 Å². The Balaban J connectivity index is 1.62. The van der Waals surface area contributed by atoms with Gasteiger partial charge in [0.25, 0.3) is 0 Å². The molecule has 0 aliphatic rings. The van der Waals surface area contributed by atoms with E-state index in [0.29, 0.717) is 12.2 Å². The third-order valence-corrected chi connectivity index (χ3v) is 4.40. The van der Waals surface area contributed by atoms with Gasteiger partial charge in [0.1, 0.15) is 5.78 Å². The Morgan fingerprint density at radius 1 is 1.17 bits per heavy atom. The molecule has 0 aromatic carbocycles. The Kier molecular flexibility index (Phi) is 3.51. The van der Waals surface area contributed by atoms with Crippen molar-refractivity contribution >= 4 is 22.8 Å². The Labute approximate surface area is 136 Å². The number of hydrogen-bond acceptors (Lipinski definition) is 5. The maximum Gasteiger partial charge on any atom is 0.159 e. The highest BCUT2D eigenvalue weighted by Crippen LogP contribution is 2.20. The van der Waals surface area contributed by atoms with Gasteiger partial charge in [-0.05, 0) is 29.6 Å². The van der Waals surface area contributed by atoms with E-state index in [1.165, 1.54) is 0 Å².